The third-order valence-electron chi connectivity index (χ3n) is 3.46. The average molecular weight is 364 g/mol. The highest BCUT2D eigenvalue weighted by Crippen LogP contribution is 2.35. The number of nitrogens with one attached hydrogen (secondary N) is 1. The number of aryl methyl sites for hydroxylation is 1. The number of amides is 1. The number of esters is 1. The SMILES string of the molecule is COc1cc(OC)c(C(=O)OC(C)C(=O)Nc2cc(C)on2)cc1OC. The predicted octanol–water partition coefficient (Wildman–Crippen LogP) is 2.19. The normalized spacial score (nSPS) is 11.4. The molecule has 0 saturated heterocycles. The van der Waals surface area contributed by atoms with Crippen LogP contribution >= 0.6 is 0 Å². The fourth-order valence-corrected chi connectivity index (χ4v) is 2.12. The molecule has 2 aromatic rings. The second-order valence-electron chi connectivity index (χ2n) is 5.27. The van der Waals surface area contributed by atoms with Gasteiger partial charge < -0.3 is 28.8 Å². The summed E-state index contributed by atoms with van der Waals surface area (Å²) in [6, 6.07) is 4.47. The molecule has 1 heterocycles. The highest BCUT2D eigenvalue weighted by molar-refractivity contribution is 5.98. The largest absolute Gasteiger partial charge is 0.496 e. The van der Waals surface area contributed by atoms with E-state index in [0.717, 1.165) is 0 Å². The van der Waals surface area contributed by atoms with Crippen molar-refractivity contribution in [3.63, 3.8) is 0 Å². The Labute approximate surface area is 150 Å². The molecule has 1 atom stereocenters. The standard InChI is InChI=1S/C17H20N2O7/c1-9-6-15(19-26-9)18-16(20)10(2)25-17(21)11-7-13(23-4)14(24-5)8-12(11)22-3/h6-8,10H,1-5H3,(H,18,19,20). The van der Waals surface area contributed by atoms with Crippen LogP contribution in [0.2, 0.25) is 0 Å². The van der Waals surface area contributed by atoms with Gasteiger partial charge in [-0.05, 0) is 13.8 Å². The fourth-order valence-electron chi connectivity index (χ4n) is 2.12. The van der Waals surface area contributed by atoms with Crippen molar-refractivity contribution in [2.75, 3.05) is 26.6 Å². The molecule has 1 aromatic carbocycles. The molecule has 0 aliphatic heterocycles. The Bertz CT molecular complexity index is 800. The predicted molar refractivity (Wildman–Crippen MR) is 90.8 cm³/mol. The van der Waals surface area contributed by atoms with Crippen molar-refractivity contribution in [2.24, 2.45) is 0 Å². The van der Waals surface area contributed by atoms with Crippen molar-refractivity contribution >= 4 is 17.7 Å². The summed E-state index contributed by atoms with van der Waals surface area (Å²) in [4.78, 5) is 24.6. The number of hydrogen-bond donors (Lipinski definition) is 1. The first-order valence-corrected chi connectivity index (χ1v) is 7.64. The van der Waals surface area contributed by atoms with Crippen LogP contribution in [0.15, 0.2) is 22.7 Å². The zero-order chi connectivity index (χ0) is 19.3. The number of hydrogen-bond acceptors (Lipinski definition) is 8. The summed E-state index contributed by atoms with van der Waals surface area (Å²) in [6.45, 7) is 3.13. The fraction of sp³-hybridized carbons (Fsp3) is 0.353. The zero-order valence-electron chi connectivity index (χ0n) is 15.1. The molecule has 2 rings (SSSR count). The monoisotopic (exact) mass is 364 g/mol. The molecule has 26 heavy (non-hydrogen) atoms. The Kier molecular flexibility index (Phi) is 6.05. The van der Waals surface area contributed by atoms with Crippen LogP contribution in [0.25, 0.3) is 0 Å². The van der Waals surface area contributed by atoms with Crippen molar-refractivity contribution in [2.45, 2.75) is 20.0 Å². The van der Waals surface area contributed by atoms with Crippen molar-refractivity contribution < 1.29 is 33.1 Å². The molecule has 0 aliphatic rings. The minimum absolute atomic E-state index is 0.0991. The molecule has 1 aromatic heterocycles. The lowest BCUT2D eigenvalue weighted by atomic mass is 10.1. The molecular weight excluding hydrogens is 344 g/mol. The Morgan fingerprint density at radius 2 is 1.65 bits per heavy atom. The number of carbonyl (C=O) groups is 2. The summed E-state index contributed by atoms with van der Waals surface area (Å²) in [5, 5.41) is 6.14. The Morgan fingerprint density at radius 1 is 1.04 bits per heavy atom. The molecule has 9 nitrogen and oxygen atoms in total. The van der Waals surface area contributed by atoms with Crippen LogP contribution in [0.4, 0.5) is 5.82 Å². The number of ether oxygens (including phenoxy) is 4. The molecular formula is C17H20N2O7. The summed E-state index contributed by atoms with van der Waals surface area (Å²) in [7, 11) is 4.31. The summed E-state index contributed by atoms with van der Waals surface area (Å²) in [5.74, 6) is 0.433. The molecule has 1 amide bonds. The van der Waals surface area contributed by atoms with Gasteiger partial charge >= 0.3 is 5.97 Å². The number of carbonyl (C=O) groups excluding carboxylic acids is 2. The van der Waals surface area contributed by atoms with Crippen molar-refractivity contribution in [1.29, 1.82) is 0 Å². The molecule has 0 spiro atoms. The summed E-state index contributed by atoms with van der Waals surface area (Å²) >= 11 is 0. The number of aromatic nitrogens is 1. The number of rotatable bonds is 7. The van der Waals surface area contributed by atoms with Gasteiger partial charge in [-0.1, -0.05) is 5.16 Å². The second kappa shape index (κ2) is 8.24. The number of benzene rings is 1. The van der Waals surface area contributed by atoms with Gasteiger partial charge in [0.2, 0.25) is 0 Å². The molecule has 0 bridgehead atoms. The van der Waals surface area contributed by atoms with Gasteiger partial charge in [0.15, 0.2) is 23.4 Å². The maximum atomic E-state index is 12.5. The van der Waals surface area contributed by atoms with Crippen LogP contribution in [-0.4, -0.2) is 44.5 Å². The average Bonchev–Trinajstić information content (AvgIpc) is 3.04. The maximum Gasteiger partial charge on any atom is 0.342 e. The Balaban J connectivity index is 2.14. The van der Waals surface area contributed by atoms with E-state index < -0.39 is 18.0 Å². The zero-order valence-corrected chi connectivity index (χ0v) is 15.1. The lowest BCUT2D eigenvalue weighted by Gasteiger charge is -2.16. The molecule has 0 aliphatic carbocycles. The van der Waals surface area contributed by atoms with Crippen LogP contribution in [0.1, 0.15) is 23.0 Å². The highest BCUT2D eigenvalue weighted by Gasteiger charge is 2.24. The molecule has 140 valence electrons. The van der Waals surface area contributed by atoms with Crippen LogP contribution in [0.5, 0.6) is 17.2 Å². The van der Waals surface area contributed by atoms with Gasteiger partial charge in [-0.15, -0.1) is 0 Å². The number of methoxy groups -OCH3 is 3. The van der Waals surface area contributed by atoms with E-state index in [9.17, 15) is 9.59 Å². The van der Waals surface area contributed by atoms with Gasteiger partial charge in [0.05, 0.1) is 21.3 Å². The summed E-state index contributed by atoms with van der Waals surface area (Å²) < 4.78 is 25.6. The van der Waals surface area contributed by atoms with Gasteiger partial charge in [0.25, 0.3) is 5.91 Å². The molecule has 1 N–H and O–H groups in total. The van der Waals surface area contributed by atoms with E-state index in [1.54, 1.807) is 13.0 Å². The summed E-state index contributed by atoms with van der Waals surface area (Å²) in [6.07, 6.45) is -1.07. The number of nitrogens with zero attached hydrogens (tertiary/aromatic N) is 1. The topological polar surface area (TPSA) is 109 Å². The van der Waals surface area contributed by atoms with E-state index in [1.807, 2.05) is 0 Å². The molecule has 0 fully saturated rings. The quantitative estimate of drug-likeness (QED) is 0.745. The van der Waals surface area contributed by atoms with E-state index in [4.69, 9.17) is 23.5 Å². The lowest BCUT2D eigenvalue weighted by molar-refractivity contribution is -0.123. The van der Waals surface area contributed by atoms with Crippen LogP contribution in [-0.2, 0) is 9.53 Å². The smallest absolute Gasteiger partial charge is 0.342 e. The van der Waals surface area contributed by atoms with Crippen molar-refractivity contribution in [3.05, 3.63) is 29.5 Å². The van der Waals surface area contributed by atoms with Crippen LogP contribution in [0.3, 0.4) is 0 Å². The maximum absolute atomic E-state index is 12.5. The van der Waals surface area contributed by atoms with Crippen LogP contribution < -0.4 is 19.5 Å². The van der Waals surface area contributed by atoms with Gasteiger partial charge in [0, 0.05) is 18.2 Å². The van der Waals surface area contributed by atoms with E-state index in [2.05, 4.69) is 10.5 Å². The van der Waals surface area contributed by atoms with Gasteiger partial charge in [0.1, 0.15) is 17.1 Å². The Hall–Kier alpha value is -3.23. The molecule has 9 heteroatoms. The van der Waals surface area contributed by atoms with E-state index in [0.29, 0.717) is 17.3 Å². The third-order valence-corrected chi connectivity index (χ3v) is 3.46. The minimum Gasteiger partial charge on any atom is -0.496 e. The Morgan fingerprint density at radius 3 is 2.19 bits per heavy atom. The van der Waals surface area contributed by atoms with Gasteiger partial charge in [-0.2, -0.15) is 0 Å². The van der Waals surface area contributed by atoms with Crippen LogP contribution in [0, 0.1) is 6.92 Å². The highest BCUT2D eigenvalue weighted by atomic mass is 16.6. The minimum atomic E-state index is -1.07. The van der Waals surface area contributed by atoms with Gasteiger partial charge in [-0.25, -0.2) is 4.79 Å². The van der Waals surface area contributed by atoms with E-state index in [-0.39, 0.29) is 17.1 Å². The molecule has 1 unspecified atom stereocenters. The second-order valence-corrected chi connectivity index (χ2v) is 5.27. The number of anilines is 1. The first-order chi connectivity index (χ1) is 12.4. The third kappa shape index (κ3) is 4.24. The first kappa shape index (κ1) is 19.1. The molecule has 0 radical (unpaired) electrons. The van der Waals surface area contributed by atoms with Crippen molar-refractivity contribution in [3.8, 4) is 17.2 Å². The lowest BCUT2D eigenvalue weighted by Crippen LogP contribution is -2.30. The van der Waals surface area contributed by atoms with Gasteiger partial charge in [-0.3, -0.25) is 4.79 Å². The van der Waals surface area contributed by atoms with Crippen molar-refractivity contribution in [1.82, 2.24) is 5.16 Å². The first-order valence-electron chi connectivity index (χ1n) is 7.64. The summed E-state index contributed by atoms with van der Waals surface area (Å²) in [5.41, 5.74) is 0.0991. The van der Waals surface area contributed by atoms with E-state index in [1.165, 1.54) is 40.4 Å². The van der Waals surface area contributed by atoms with E-state index >= 15 is 0 Å². The molecule has 0 saturated carbocycles.